The van der Waals surface area contributed by atoms with E-state index in [9.17, 15) is 31.1 Å². The highest BCUT2D eigenvalue weighted by Crippen LogP contribution is 2.38. The third-order valence-electron chi connectivity index (χ3n) is 0.917. The molecule has 2 nitrogen and oxygen atoms in total. The average molecular weight is 194 g/mol. The van der Waals surface area contributed by atoms with E-state index in [1.165, 1.54) is 0 Å². The van der Waals surface area contributed by atoms with Crippen molar-refractivity contribution in [3.63, 3.8) is 0 Å². The van der Waals surface area contributed by atoms with E-state index in [-0.39, 0.29) is 0 Å². The second-order valence-corrected chi connectivity index (χ2v) is 1.88. The number of hydrogen-bond acceptors (Lipinski definition) is 1. The van der Waals surface area contributed by atoms with Crippen LogP contribution >= 0.6 is 0 Å². The summed E-state index contributed by atoms with van der Waals surface area (Å²) in [6.45, 7) is 0. The summed E-state index contributed by atoms with van der Waals surface area (Å²) in [7, 11) is 0. The molecule has 0 aliphatic rings. The van der Waals surface area contributed by atoms with Gasteiger partial charge in [-0.25, -0.2) is 0 Å². The first-order valence-corrected chi connectivity index (χ1v) is 2.45. The molecule has 0 aromatic rings. The molecule has 0 saturated carbocycles. The van der Waals surface area contributed by atoms with Gasteiger partial charge in [-0.15, -0.1) is 0 Å². The normalized spacial score (nSPS) is 13.6. The van der Waals surface area contributed by atoms with Crippen molar-refractivity contribution < 1.29 is 31.1 Å². The van der Waals surface area contributed by atoms with Crippen molar-refractivity contribution in [3.8, 4) is 0 Å². The minimum absolute atomic E-state index is 2.70. The Balaban J connectivity index is 4.82. The molecule has 0 aliphatic carbocycles. The summed E-state index contributed by atoms with van der Waals surface area (Å²) in [6, 6.07) is 0. The lowest BCUT2D eigenvalue weighted by Crippen LogP contribution is -2.42. The van der Waals surface area contributed by atoms with Gasteiger partial charge in [-0.2, -0.15) is 26.3 Å². The quantitative estimate of drug-likeness (QED) is 0.583. The summed E-state index contributed by atoms with van der Waals surface area (Å²) in [5, 5.41) is 0. The minimum Gasteiger partial charge on any atom is -0.272 e. The van der Waals surface area contributed by atoms with E-state index in [1.54, 1.807) is 0 Å². The molecule has 0 fully saturated rings. The number of carbonyl (C=O) groups is 1. The van der Waals surface area contributed by atoms with Gasteiger partial charge >= 0.3 is 12.4 Å². The van der Waals surface area contributed by atoms with E-state index in [2.05, 4.69) is 0 Å². The number of hydrogen-bond donors (Lipinski definition) is 0. The summed E-state index contributed by atoms with van der Waals surface area (Å²) < 4.78 is 68.4. The van der Waals surface area contributed by atoms with Crippen LogP contribution in [-0.4, -0.2) is 18.3 Å². The van der Waals surface area contributed by atoms with E-state index in [0.29, 0.717) is 0 Å². The molecule has 0 spiro atoms. The van der Waals surface area contributed by atoms with Gasteiger partial charge in [0.05, 0.1) is 0 Å². The molecule has 12 heavy (non-hydrogen) atoms. The fraction of sp³-hybridized carbons (Fsp3) is 0.750. The van der Waals surface area contributed by atoms with Crippen LogP contribution in [0.2, 0.25) is 0 Å². The molecular formula is C4H2F6NO. The van der Waals surface area contributed by atoms with Crippen molar-refractivity contribution in [2.24, 2.45) is 5.92 Å². The zero-order valence-corrected chi connectivity index (χ0v) is 5.25. The first kappa shape index (κ1) is 11.0. The number of rotatable bonds is 1. The number of halogens is 6. The summed E-state index contributed by atoms with van der Waals surface area (Å²) in [6.07, 6.45) is -11.5. The number of amides is 1. The number of carbonyl (C=O) groups excluding carboxylic acids is 1. The summed E-state index contributed by atoms with van der Waals surface area (Å²) in [4.78, 5) is 9.66. The predicted octanol–water partition coefficient (Wildman–Crippen LogP) is 1.54. The van der Waals surface area contributed by atoms with E-state index in [1.807, 2.05) is 0 Å². The van der Waals surface area contributed by atoms with Crippen molar-refractivity contribution in [2.45, 2.75) is 12.4 Å². The highest BCUT2D eigenvalue weighted by Gasteiger charge is 2.60. The molecule has 0 atom stereocenters. The maximum atomic E-state index is 11.4. The second kappa shape index (κ2) is 2.83. The zero-order valence-electron chi connectivity index (χ0n) is 5.25. The van der Waals surface area contributed by atoms with Gasteiger partial charge in [-0.3, -0.25) is 10.5 Å². The van der Waals surface area contributed by atoms with Crippen molar-refractivity contribution in [2.75, 3.05) is 0 Å². The Morgan fingerprint density at radius 1 is 1.00 bits per heavy atom. The van der Waals surface area contributed by atoms with Gasteiger partial charge in [0.25, 0.3) is 5.91 Å². The van der Waals surface area contributed by atoms with Crippen LogP contribution in [0.15, 0.2) is 0 Å². The third-order valence-corrected chi connectivity index (χ3v) is 0.917. The molecule has 8 heteroatoms. The smallest absolute Gasteiger partial charge is 0.272 e. The van der Waals surface area contributed by atoms with Gasteiger partial charge in [-0.1, -0.05) is 0 Å². The predicted molar refractivity (Wildman–Crippen MR) is 23.7 cm³/mol. The molecule has 0 rings (SSSR count). The van der Waals surface area contributed by atoms with E-state index >= 15 is 0 Å². The van der Waals surface area contributed by atoms with Crippen LogP contribution in [0.1, 0.15) is 0 Å². The Morgan fingerprint density at radius 2 is 1.25 bits per heavy atom. The Labute approximate surface area is 62.3 Å². The molecular weight excluding hydrogens is 192 g/mol. The van der Waals surface area contributed by atoms with E-state index in [4.69, 9.17) is 5.73 Å². The molecule has 1 amide bonds. The van der Waals surface area contributed by atoms with Gasteiger partial charge in [0.15, 0.2) is 0 Å². The van der Waals surface area contributed by atoms with Gasteiger partial charge in [-0.05, 0) is 0 Å². The van der Waals surface area contributed by atoms with Gasteiger partial charge in [0.2, 0.25) is 5.92 Å². The largest absolute Gasteiger partial charge is 0.409 e. The molecule has 1 radical (unpaired) electrons. The monoisotopic (exact) mass is 194 g/mol. The number of alkyl halides is 6. The lowest BCUT2D eigenvalue weighted by atomic mass is 10.1. The van der Waals surface area contributed by atoms with Crippen molar-refractivity contribution in [1.29, 1.82) is 0 Å². The maximum absolute atomic E-state index is 11.4. The molecule has 0 aliphatic heterocycles. The summed E-state index contributed by atoms with van der Waals surface area (Å²) in [5.41, 5.74) is 5.77. The molecule has 0 saturated heterocycles. The Hall–Kier alpha value is -0.950. The molecule has 0 aromatic heterocycles. The standard InChI is InChI=1S/C4H2F6NO/c5-3(6,7)1(2(11)12)4(8,9)10/h1,11H. The fourth-order valence-electron chi connectivity index (χ4n) is 0.483. The Bertz CT molecular complexity index is 167. The molecule has 71 valence electrons. The molecule has 0 heterocycles. The average Bonchev–Trinajstić information content (AvgIpc) is 1.49. The molecule has 0 bridgehead atoms. The first-order valence-electron chi connectivity index (χ1n) is 2.45. The molecule has 1 N–H and O–H groups in total. The number of nitrogens with one attached hydrogen (secondary N) is 1. The zero-order chi connectivity index (χ0) is 10.2. The highest BCUT2D eigenvalue weighted by atomic mass is 19.4. The first-order chi connectivity index (χ1) is 5.07. The van der Waals surface area contributed by atoms with Crippen LogP contribution in [0.25, 0.3) is 0 Å². The van der Waals surface area contributed by atoms with E-state index < -0.39 is 24.2 Å². The maximum Gasteiger partial charge on any atom is 0.409 e. The highest BCUT2D eigenvalue weighted by molar-refractivity contribution is 5.77. The van der Waals surface area contributed by atoms with E-state index in [0.717, 1.165) is 0 Å². The van der Waals surface area contributed by atoms with Crippen LogP contribution in [0.4, 0.5) is 26.3 Å². The SMILES string of the molecule is [NH]C(=O)C(C(F)(F)F)C(F)(F)F. The third kappa shape index (κ3) is 2.59. The Morgan fingerprint density at radius 3 is 1.25 bits per heavy atom. The summed E-state index contributed by atoms with van der Waals surface area (Å²) >= 11 is 0. The molecule has 0 unspecified atom stereocenters. The van der Waals surface area contributed by atoms with Crippen LogP contribution in [0, 0.1) is 5.92 Å². The minimum atomic E-state index is -5.74. The lowest BCUT2D eigenvalue weighted by molar-refractivity contribution is -0.273. The van der Waals surface area contributed by atoms with Crippen LogP contribution in [0.5, 0.6) is 0 Å². The second-order valence-electron chi connectivity index (χ2n) is 1.88. The fourth-order valence-corrected chi connectivity index (χ4v) is 0.483. The van der Waals surface area contributed by atoms with Gasteiger partial charge < -0.3 is 0 Å². The Kier molecular flexibility index (Phi) is 2.61. The van der Waals surface area contributed by atoms with Crippen LogP contribution in [0.3, 0.4) is 0 Å². The molecule has 0 aromatic carbocycles. The topological polar surface area (TPSA) is 40.9 Å². The van der Waals surface area contributed by atoms with Crippen molar-refractivity contribution in [1.82, 2.24) is 5.73 Å². The van der Waals surface area contributed by atoms with Crippen LogP contribution < -0.4 is 5.73 Å². The van der Waals surface area contributed by atoms with Crippen molar-refractivity contribution >= 4 is 5.91 Å². The summed E-state index contributed by atoms with van der Waals surface area (Å²) in [5.74, 6) is -6.89. The van der Waals surface area contributed by atoms with Gasteiger partial charge in [0.1, 0.15) is 0 Å². The van der Waals surface area contributed by atoms with Gasteiger partial charge in [0, 0.05) is 0 Å². The van der Waals surface area contributed by atoms with Crippen molar-refractivity contribution in [3.05, 3.63) is 0 Å². The lowest BCUT2D eigenvalue weighted by Gasteiger charge is -2.18. The van der Waals surface area contributed by atoms with Crippen LogP contribution in [-0.2, 0) is 4.79 Å².